The van der Waals surface area contributed by atoms with Crippen molar-refractivity contribution in [3.05, 3.63) is 42.1 Å². The summed E-state index contributed by atoms with van der Waals surface area (Å²) in [6.07, 6.45) is 1.48. The van der Waals surface area contributed by atoms with Crippen LogP contribution in [-0.2, 0) is 0 Å². The molecule has 5 nitrogen and oxygen atoms in total. The predicted octanol–water partition coefficient (Wildman–Crippen LogP) is 3.09. The van der Waals surface area contributed by atoms with Crippen molar-refractivity contribution >= 4 is 5.78 Å². The highest BCUT2D eigenvalue weighted by molar-refractivity contribution is 5.93. The standard InChI is InChI=1S/C15H15NO4/c1-10(17)11-4-5-15(16-9-11)20-14-7-12(18-2)6-13(8-14)19-3/h4-9H,1-3H3. The van der Waals surface area contributed by atoms with Crippen LogP contribution < -0.4 is 14.2 Å². The Bertz CT molecular complexity index is 586. The summed E-state index contributed by atoms with van der Waals surface area (Å²) in [5, 5.41) is 0. The van der Waals surface area contributed by atoms with Gasteiger partial charge in [-0.3, -0.25) is 4.79 Å². The molecule has 0 saturated carbocycles. The molecule has 0 bridgehead atoms. The number of ether oxygens (including phenoxy) is 3. The smallest absolute Gasteiger partial charge is 0.219 e. The third kappa shape index (κ3) is 3.26. The zero-order valence-electron chi connectivity index (χ0n) is 11.5. The van der Waals surface area contributed by atoms with Gasteiger partial charge in [0.1, 0.15) is 17.2 Å². The average molecular weight is 273 g/mol. The molecule has 20 heavy (non-hydrogen) atoms. The molecule has 0 amide bonds. The van der Waals surface area contributed by atoms with Gasteiger partial charge in [-0.05, 0) is 13.0 Å². The van der Waals surface area contributed by atoms with Crippen LogP contribution in [0, 0.1) is 0 Å². The van der Waals surface area contributed by atoms with Gasteiger partial charge in [0.2, 0.25) is 5.88 Å². The fraction of sp³-hybridized carbons (Fsp3) is 0.200. The number of methoxy groups -OCH3 is 2. The molecule has 0 aliphatic carbocycles. The first kappa shape index (κ1) is 13.9. The quantitative estimate of drug-likeness (QED) is 0.783. The highest BCUT2D eigenvalue weighted by Gasteiger charge is 2.06. The summed E-state index contributed by atoms with van der Waals surface area (Å²) in [6.45, 7) is 1.49. The number of benzene rings is 1. The third-order valence-electron chi connectivity index (χ3n) is 2.69. The van der Waals surface area contributed by atoms with Crippen molar-refractivity contribution in [3.63, 3.8) is 0 Å². The van der Waals surface area contributed by atoms with Crippen molar-refractivity contribution in [2.24, 2.45) is 0 Å². The van der Waals surface area contributed by atoms with E-state index in [2.05, 4.69) is 4.98 Å². The van der Waals surface area contributed by atoms with Gasteiger partial charge >= 0.3 is 0 Å². The SMILES string of the molecule is COc1cc(OC)cc(Oc2ccc(C(C)=O)cn2)c1. The molecule has 5 heteroatoms. The number of nitrogens with zero attached hydrogens (tertiary/aromatic N) is 1. The minimum absolute atomic E-state index is 0.0351. The van der Waals surface area contributed by atoms with Crippen LogP contribution in [0.4, 0.5) is 0 Å². The zero-order valence-corrected chi connectivity index (χ0v) is 11.5. The Hall–Kier alpha value is -2.56. The number of rotatable bonds is 5. The zero-order chi connectivity index (χ0) is 14.5. The van der Waals surface area contributed by atoms with Crippen molar-refractivity contribution < 1.29 is 19.0 Å². The lowest BCUT2D eigenvalue weighted by Crippen LogP contribution is -1.95. The van der Waals surface area contributed by atoms with Crippen molar-refractivity contribution in [2.75, 3.05) is 14.2 Å². The Morgan fingerprint density at radius 2 is 1.60 bits per heavy atom. The monoisotopic (exact) mass is 273 g/mol. The van der Waals surface area contributed by atoms with E-state index in [1.807, 2.05) is 0 Å². The van der Waals surface area contributed by atoms with Crippen LogP contribution in [0.3, 0.4) is 0 Å². The molecule has 0 radical (unpaired) electrons. The second-order valence-electron chi connectivity index (χ2n) is 4.09. The summed E-state index contributed by atoms with van der Waals surface area (Å²) in [5.74, 6) is 2.15. The number of hydrogen-bond donors (Lipinski definition) is 0. The maximum absolute atomic E-state index is 11.2. The van der Waals surface area contributed by atoms with Crippen molar-refractivity contribution in [1.82, 2.24) is 4.98 Å². The molecular formula is C15H15NO4. The molecule has 1 aromatic carbocycles. The van der Waals surface area contributed by atoms with Crippen LogP contribution in [0.2, 0.25) is 0 Å². The van der Waals surface area contributed by atoms with E-state index in [0.717, 1.165) is 0 Å². The fourth-order valence-corrected chi connectivity index (χ4v) is 1.61. The first-order chi connectivity index (χ1) is 9.62. The van der Waals surface area contributed by atoms with Gasteiger partial charge in [-0.2, -0.15) is 0 Å². The molecule has 0 unspecified atom stereocenters. The van der Waals surface area contributed by atoms with Crippen LogP contribution in [-0.4, -0.2) is 25.0 Å². The molecular weight excluding hydrogens is 258 g/mol. The van der Waals surface area contributed by atoms with Gasteiger partial charge in [0.25, 0.3) is 0 Å². The minimum atomic E-state index is -0.0351. The maximum Gasteiger partial charge on any atom is 0.219 e. The Morgan fingerprint density at radius 3 is 2.05 bits per heavy atom. The topological polar surface area (TPSA) is 57.7 Å². The number of carbonyl (C=O) groups excluding carboxylic acids is 1. The van der Waals surface area contributed by atoms with Crippen LogP contribution in [0.15, 0.2) is 36.5 Å². The van der Waals surface area contributed by atoms with E-state index in [9.17, 15) is 4.79 Å². The van der Waals surface area contributed by atoms with Gasteiger partial charge in [-0.25, -0.2) is 4.98 Å². The summed E-state index contributed by atoms with van der Waals surface area (Å²) in [7, 11) is 3.14. The highest BCUT2D eigenvalue weighted by atomic mass is 16.5. The maximum atomic E-state index is 11.2. The van der Waals surface area contributed by atoms with Crippen LogP contribution >= 0.6 is 0 Å². The molecule has 0 N–H and O–H groups in total. The van der Waals surface area contributed by atoms with Gasteiger partial charge in [0.15, 0.2) is 5.78 Å². The van der Waals surface area contributed by atoms with E-state index in [0.29, 0.717) is 28.7 Å². The lowest BCUT2D eigenvalue weighted by Gasteiger charge is -2.09. The largest absolute Gasteiger partial charge is 0.496 e. The second-order valence-corrected chi connectivity index (χ2v) is 4.09. The van der Waals surface area contributed by atoms with E-state index in [1.54, 1.807) is 44.6 Å². The number of carbonyl (C=O) groups is 1. The molecule has 104 valence electrons. The third-order valence-corrected chi connectivity index (χ3v) is 2.69. The lowest BCUT2D eigenvalue weighted by atomic mass is 10.2. The number of hydrogen-bond acceptors (Lipinski definition) is 5. The summed E-state index contributed by atoms with van der Waals surface area (Å²) in [6, 6.07) is 8.51. The van der Waals surface area contributed by atoms with E-state index in [1.165, 1.54) is 13.1 Å². The van der Waals surface area contributed by atoms with Crippen molar-refractivity contribution in [3.8, 4) is 23.1 Å². The fourth-order valence-electron chi connectivity index (χ4n) is 1.61. The summed E-state index contributed by atoms with van der Waals surface area (Å²) in [5.41, 5.74) is 0.542. The van der Waals surface area contributed by atoms with Crippen LogP contribution in [0.1, 0.15) is 17.3 Å². The van der Waals surface area contributed by atoms with Gasteiger partial charge in [0.05, 0.1) is 14.2 Å². The Morgan fingerprint density at radius 1 is 1.00 bits per heavy atom. The van der Waals surface area contributed by atoms with E-state index < -0.39 is 0 Å². The van der Waals surface area contributed by atoms with E-state index in [4.69, 9.17) is 14.2 Å². The second kappa shape index (κ2) is 6.06. The molecule has 2 rings (SSSR count). The predicted molar refractivity (Wildman–Crippen MR) is 73.9 cm³/mol. The Labute approximate surface area is 117 Å². The van der Waals surface area contributed by atoms with E-state index >= 15 is 0 Å². The molecule has 1 heterocycles. The Kier molecular flexibility index (Phi) is 4.20. The lowest BCUT2D eigenvalue weighted by molar-refractivity contribution is 0.101. The van der Waals surface area contributed by atoms with Crippen molar-refractivity contribution in [1.29, 1.82) is 0 Å². The first-order valence-corrected chi connectivity index (χ1v) is 6.00. The van der Waals surface area contributed by atoms with Gasteiger partial charge < -0.3 is 14.2 Å². The normalized spacial score (nSPS) is 9.95. The molecule has 1 aromatic heterocycles. The summed E-state index contributed by atoms with van der Waals surface area (Å²) in [4.78, 5) is 15.2. The average Bonchev–Trinajstić information content (AvgIpc) is 2.47. The van der Waals surface area contributed by atoms with Crippen molar-refractivity contribution in [2.45, 2.75) is 6.92 Å². The molecule has 0 spiro atoms. The van der Waals surface area contributed by atoms with Gasteiger partial charge in [-0.1, -0.05) is 0 Å². The van der Waals surface area contributed by atoms with Gasteiger partial charge in [0, 0.05) is 36.0 Å². The van der Waals surface area contributed by atoms with Crippen LogP contribution in [0.25, 0.3) is 0 Å². The molecule has 0 aliphatic rings. The molecule has 2 aromatic rings. The number of aromatic nitrogens is 1. The number of ketones is 1. The highest BCUT2D eigenvalue weighted by Crippen LogP contribution is 2.30. The van der Waals surface area contributed by atoms with Gasteiger partial charge in [-0.15, -0.1) is 0 Å². The molecule has 0 saturated heterocycles. The first-order valence-electron chi connectivity index (χ1n) is 6.00. The molecule has 0 atom stereocenters. The Balaban J connectivity index is 2.22. The molecule has 0 fully saturated rings. The van der Waals surface area contributed by atoms with Crippen LogP contribution in [0.5, 0.6) is 23.1 Å². The number of Topliss-reactive ketones (excluding diaryl/α,β-unsaturated/α-hetero) is 1. The number of pyridine rings is 1. The summed E-state index contributed by atoms with van der Waals surface area (Å²) < 4.78 is 15.9. The van der Waals surface area contributed by atoms with E-state index in [-0.39, 0.29) is 5.78 Å². The summed E-state index contributed by atoms with van der Waals surface area (Å²) >= 11 is 0. The molecule has 0 aliphatic heterocycles. The minimum Gasteiger partial charge on any atom is -0.496 e.